The van der Waals surface area contributed by atoms with Gasteiger partial charge in [0.1, 0.15) is 11.9 Å². The molecule has 2 aromatic carbocycles. The van der Waals surface area contributed by atoms with Gasteiger partial charge in [0, 0.05) is 51.2 Å². The highest BCUT2D eigenvalue weighted by molar-refractivity contribution is 6.00. The van der Waals surface area contributed by atoms with Gasteiger partial charge in [0.2, 0.25) is 5.90 Å². The Kier molecular flexibility index (Phi) is 8.74. The molecule has 4 rings (SSSR count). The third-order valence-electron chi connectivity index (χ3n) is 6.46. The van der Waals surface area contributed by atoms with Crippen molar-refractivity contribution in [2.45, 2.75) is 31.4 Å². The lowest BCUT2D eigenvalue weighted by Gasteiger charge is -2.30. The molecule has 2 aromatic rings. The quantitative estimate of drug-likeness (QED) is 0.477. The van der Waals surface area contributed by atoms with Crippen LogP contribution in [-0.2, 0) is 20.7 Å². The van der Waals surface area contributed by atoms with E-state index in [2.05, 4.69) is 10.2 Å². The maximum Gasteiger partial charge on any atom is 0.252 e. The lowest BCUT2D eigenvalue weighted by molar-refractivity contribution is -0.128. The fourth-order valence-corrected chi connectivity index (χ4v) is 4.36. The van der Waals surface area contributed by atoms with Crippen LogP contribution < -0.4 is 10.1 Å². The number of ether oxygens (including phenoxy) is 3. The summed E-state index contributed by atoms with van der Waals surface area (Å²) in [5, 5.41) is 12.0. The Morgan fingerprint density at radius 2 is 1.91 bits per heavy atom. The topological polar surface area (TPSA) is 92.6 Å². The summed E-state index contributed by atoms with van der Waals surface area (Å²) < 4.78 is 17.2. The first-order chi connectivity index (χ1) is 17.1. The summed E-state index contributed by atoms with van der Waals surface area (Å²) in [5.74, 6) is 1.05. The normalized spacial score (nSPS) is 22.3. The van der Waals surface area contributed by atoms with Crippen LogP contribution in [0.2, 0.25) is 0 Å². The van der Waals surface area contributed by atoms with Crippen LogP contribution in [0.1, 0.15) is 24.5 Å². The van der Waals surface area contributed by atoms with E-state index in [1.54, 1.807) is 0 Å². The predicted molar refractivity (Wildman–Crippen MR) is 134 cm³/mol. The van der Waals surface area contributed by atoms with E-state index >= 15 is 0 Å². The minimum atomic E-state index is -1.06. The molecule has 8 heteroatoms. The molecular weight excluding hydrogens is 446 g/mol. The zero-order chi connectivity index (χ0) is 24.5. The van der Waals surface area contributed by atoms with Crippen molar-refractivity contribution in [3.63, 3.8) is 0 Å². The van der Waals surface area contributed by atoms with Crippen molar-refractivity contribution in [3.8, 4) is 5.75 Å². The van der Waals surface area contributed by atoms with E-state index in [0.29, 0.717) is 37.6 Å². The van der Waals surface area contributed by atoms with Gasteiger partial charge in [-0.05, 0) is 36.8 Å². The van der Waals surface area contributed by atoms with Gasteiger partial charge in [-0.1, -0.05) is 30.3 Å². The predicted octanol–water partition coefficient (Wildman–Crippen LogP) is 2.04. The summed E-state index contributed by atoms with van der Waals surface area (Å²) in [7, 11) is 0. The molecule has 0 spiro atoms. The Bertz CT molecular complexity index is 976. The fraction of sp³-hybridized carbons (Fsp3) is 0.481. The van der Waals surface area contributed by atoms with E-state index in [-0.39, 0.29) is 12.5 Å². The van der Waals surface area contributed by atoms with Crippen molar-refractivity contribution < 1.29 is 24.1 Å². The number of hydrogen-bond donors (Lipinski definition) is 2. The molecule has 1 amide bonds. The Morgan fingerprint density at radius 3 is 2.63 bits per heavy atom. The number of hydrogen-bond acceptors (Lipinski definition) is 7. The molecule has 2 aliphatic rings. The summed E-state index contributed by atoms with van der Waals surface area (Å²) in [6.07, 6.45) is 0.601. The van der Waals surface area contributed by atoms with E-state index < -0.39 is 11.6 Å². The van der Waals surface area contributed by atoms with Gasteiger partial charge >= 0.3 is 0 Å². The van der Waals surface area contributed by atoms with Crippen LogP contribution in [0.15, 0.2) is 59.6 Å². The molecule has 1 fully saturated rings. The van der Waals surface area contributed by atoms with Crippen molar-refractivity contribution in [3.05, 3.63) is 65.7 Å². The number of aliphatic imine (C=N–C) groups is 1. The molecular formula is C27H35N3O5. The average Bonchev–Trinajstić information content (AvgIpc) is 3.22. The SMILES string of the molecule is C[C@H]1OC(c2ccc(OCCCO)cc2)=N[C@@]1(Cc1ccccc1)C(=O)NCCN1CCOCC1. The van der Waals surface area contributed by atoms with E-state index in [0.717, 1.165) is 44.0 Å². The zero-order valence-electron chi connectivity index (χ0n) is 20.3. The van der Waals surface area contributed by atoms with Crippen molar-refractivity contribution >= 4 is 11.8 Å². The van der Waals surface area contributed by atoms with E-state index in [4.69, 9.17) is 24.3 Å². The number of aliphatic hydroxyl groups is 1. The van der Waals surface area contributed by atoms with Crippen LogP contribution in [0.25, 0.3) is 0 Å². The van der Waals surface area contributed by atoms with Crippen LogP contribution in [0.5, 0.6) is 5.75 Å². The van der Waals surface area contributed by atoms with Gasteiger partial charge in [0.05, 0.1) is 19.8 Å². The second-order valence-corrected chi connectivity index (χ2v) is 8.92. The van der Waals surface area contributed by atoms with Crippen molar-refractivity contribution in [1.29, 1.82) is 0 Å². The monoisotopic (exact) mass is 481 g/mol. The number of rotatable bonds is 11. The first-order valence-corrected chi connectivity index (χ1v) is 12.3. The number of amides is 1. The van der Waals surface area contributed by atoms with Gasteiger partial charge in [-0.15, -0.1) is 0 Å². The second kappa shape index (κ2) is 12.2. The van der Waals surface area contributed by atoms with Crippen molar-refractivity contribution in [2.75, 3.05) is 52.6 Å². The third kappa shape index (κ3) is 6.39. The molecule has 35 heavy (non-hydrogen) atoms. The molecule has 2 aliphatic heterocycles. The molecule has 0 aromatic heterocycles. The molecule has 0 radical (unpaired) electrons. The molecule has 0 bridgehead atoms. The Balaban J connectivity index is 1.51. The minimum absolute atomic E-state index is 0.0959. The highest BCUT2D eigenvalue weighted by Gasteiger charge is 2.50. The number of carbonyl (C=O) groups is 1. The van der Waals surface area contributed by atoms with Crippen LogP contribution in [0.3, 0.4) is 0 Å². The number of nitrogens with one attached hydrogen (secondary N) is 1. The maximum absolute atomic E-state index is 13.6. The van der Waals surface area contributed by atoms with Gasteiger partial charge in [-0.2, -0.15) is 0 Å². The van der Waals surface area contributed by atoms with Crippen molar-refractivity contribution in [2.24, 2.45) is 4.99 Å². The van der Waals surface area contributed by atoms with Gasteiger partial charge in [0.15, 0.2) is 5.54 Å². The number of morpholine rings is 1. The van der Waals surface area contributed by atoms with Gasteiger partial charge < -0.3 is 24.6 Å². The van der Waals surface area contributed by atoms with E-state index in [9.17, 15) is 4.79 Å². The number of aliphatic hydroxyl groups excluding tert-OH is 1. The van der Waals surface area contributed by atoms with Crippen LogP contribution in [0, 0.1) is 0 Å². The fourth-order valence-electron chi connectivity index (χ4n) is 4.36. The first-order valence-electron chi connectivity index (χ1n) is 12.3. The van der Waals surface area contributed by atoms with Crippen LogP contribution in [-0.4, -0.2) is 86.1 Å². The zero-order valence-corrected chi connectivity index (χ0v) is 20.3. The average molecular weight is 482 g/mol. The van der Waals surface area contributed by atoms with E-state index in [1.807, 2.05) is 61.5 Å². The Hall–Kier alpha value is -2.94. The molecule has 8 nitrogen and oxygen atoms in total. The molecule has 2 N–H and O–H groups in total. The third-order valence-corrected chi connectivity index (χ3v) is 6.46. The number of nitrogens with zero attached hydrogens (tertiary/aromatic N) is 2. The molecule has 0 saturated carbocycles. The smallest absolute Gasteiger partial charge is 0.252 e. The maximum atomic E-state index is 13.6. The molecule has 188 valence electrons. The highest BCUT2D eigenvalue weighted by Crippen LogP contribution is 2.32. The van der Waals surface area contributed by atoms with Crippen LogP contribution >= 0.6 is 0 Å². The molecule has 0 unspecified atom stereocenters. The molecule has 2 heterocycles. The van der Waals surface area contributed by atoms with Gasteiger partial charge in [0.25, 0.3) is 5.91 Å². The Morgan fingerprint density at radius 1 is 1.17 bits per heavy atom. The lowest BCUT2D eigenvalue weighted by Crippen LogP contribution is -2.54. The first kappa shape index (κ1) is 25.2. The summed E-state index contributed by atoms with van der Waals surface area (Å²) in [6, 6.07) is 17.4. The largest absolute Gasteiger partial charge is 0.494 e. The van der Waals surface area contributed by atoms with Gasteiger partial charge in [-0.25, -0.2) is 4.99 Å². The highest BCUT2D eigenvalue weighted by atomic mass is 16.5. The molecule has 2 atom stereocenters. The Labute approximate surface area is 206 Å². The van der Waals surface area contributed by atoms with Crippen LogP contribution in [0.4, 0.5) is 0 Å². The molecule has 1 saturated heterocycles. The number of carbonyl (C=O) groups excluding carboxylic acids is 1. The summed E-state index contributed by atoms with van der Waals surface area (Å²) in [4.78, 5) is 20.8. The van der Waals surface area contributed by atoms with E-state index in [1.165, 1.54) is 0 Å². The summed E-state index contributed by atoms with van der Waals surface area (Å²) >= 11 is 0. The summed E-state index contributed by atoms with van der Waals surface area (Å²) in [5.41, 5.74) is 0.768. The molecule has 0 aliphatic carbocycles. The minimum Gasteiger partial charge on any atom is -0.494 e. The number of benzene rings is 2. The van der Waals surface area contributed by atoms with Gasteiger partial charge in [-0.3, -0.25) is 9.69 Å². The summed E-state index contributed by atoms with van der Waals surface area (Å²) in [6.45, 7) is 7.01. The lowest BCUT2D eigenvalue weighted by atomic mass is 9.86. The van der Waals surface area contributed by atoms with Crippen molar-refractivity contribution in [1.82, 2.24) is 10.2 Å². The standard InChI is InChI=1S/C27H35N3O5/c1-21-27(20-22-6-3-2-4-7-22,26(32)28-12-13-30-14-18-33-19-15-30)29-25(35-21)23-8-10-24(11-9-23)34-17-5-16-31/h2-4,6-11,21,31H,5,12-20H2,1H3,(H,28,32)/t21-,27-/m1/s1. The second-order valence-electron chi connectivity index (χ2n) is 8.92.